The van der Waals surface area contributed by atoms with Crippen LogP contribution >= 0.6 is 11.6 Å². The summed E-state index contributed by atoms with van der Waals surface area (Å²) in [4.78, 5) is 0. The highest BCUT2D eigenvalue weighted by molar-refractivity contribution is 6.18. The third-order valence-electron chi connectivity index (χ3n) is 2.45. The molecule has 0 saturated carbocycles. The molecule has 1 aromatic rings. The summed E-state index contributed by atoms with van der Waals surface area (Å²) in [6, 6.07) is 9.43. The van der Waals surface area contributed by atoms with E-state index in [-0.39, 0.29) is 0 Å². The molecule has 0 aromatic heterocycles. The third-order valence-corrected chi connectivity index (χ3v) is 2.62. The quantitative estimate of drug-likeness (QED) is 0.518. The first-order valence-electron chi connectivity index (χ1n) is 4.81. The van der Waals surface area contributed by atoms with Gasteiger partial charge in [0.1, 0.15) is 0 Å². The molecule has 0 spiro atoms. The Kier molecular flexibility index (Phi) is 3.05. The summed E-state index contributed by atoms with van der Waals surface area (Å²) in [5.41, 5.74) is 2.61. The van der Waals surface area contributed by atoms with Gasteiger partial charge in [-0.25, -0.2) is 0 Å². The van der Waals surface area contributed by atoms with Crippen molar-refractivity contribution in [2.24, 2.45) is 0 Å². The molecule has 1 aliphatic rings. The van der Waals surface area contributed by atoms with Gasteiger partial charge in [-0.2, -0.15) is 0 Å². The lowest BCUT2D eigenvalue weighted by atomic mass is 9.98. The van der Waals surface area contributed by atoms with Crippen molar-refractivity contribution in [3.8, 4) is 0 Å². The van der Waals surface area contributed by atoms with Crippen LogP contribution in [0.25, 0.3) is 6.08 Å². The van der Waals surface area contributed by atoms with E-state index >= 15 is 0 Å². The molecule has 0 amide bonds. The molecule has 0 heterocycles. The van der Waals surface area contributed by atoms with Crippen LogP contribution in [-0.4, -0.2) is 5.88 Å². The lowest BCUT2D eigenvalue weighted by molar-refractivity contribution is 0.877. The van der Waals surface area contributed by atoms with Crippen molar-refractivity contribution >= 4 is 17.7 Å². The van der Waals surface area contributed by atoms with E-state index in [0.29, 0.717) is 11.8 Å². The molecule has 0 aliphatic heterocycles. The standard InChI is InChI=1S/C13H12Cl/c14-10-4-3-6-12-9-8-11-5-1-2-7-13(11)12/h1-5,8-9,12H,6,10H2. The van der Waals surface area contributed by atoms with E-state index in [1.165, 1.54) is 11.1 Å². The molecule has 0 fully saturated rings. The fourth-order valence-electron chi connectivity index (χ4n) is 1.75. The highest BCUT2D eigenvalue weighted by Crippen LogP contribution is 2.31. The van der Waals surface area contributed by atoms with Crippen molar-refractivity contribution in [3.63, 3.8) is 0 Å². The van der Waals surface area contributed by atoms with E-state index < -0.39 is 0 Å². The van der Waals surface area contributed by atoms with Crippen LogP contribution in [0.3, 0.4) is 0 Å². The van der Waals surface area contributed by atoms with E-state index in [0.717, 1.165) is 6.42 Å². The molecule has 0 N–H and O–H groups in total. The SMILES string of the molecule is ClCC=CCC1C=Cc2ccc[c]c21. The van der Waals surface area contributed by atoms with Crippen LogP contribution in [0, 0.1) is 6.07 Å². The van der Waals surface area contributed by atoms with Gasteiger partial charge in [-0.05, 0) is 23.6 Å². The van der Waals surface area contributed by atoms with Crippen molar-refractivity contribution in [3.05, 3.63) is 53.6 Å². The summed E-state index contributed by atoms with van der Waals surface area (Å²) in [6.45, 7) is 0. The van der Waals surface area contributed by atoms with Gasteiger partial charge in [-0.15, -0.1) is 11.6 Å². The lowest BCUT2D eigenvalue weighted by Crippen LogP contribution is -1.91. The average Bonchev–Trinajstić information content (AvgIpc) is 2.63. The number of fused-ring (bicyclic) bond motifs is 1. The minimum atomic E-state index is 0.491. The predicted molar refractivity (Wildman–Crippen MR) is 61.5 cm³/mol. The van der Waals surface area contributed by atoms with E-state index in [2.05, 4.69) is 30.4 Å². The summed E-state index contributed by atoms with van der Waals surface area (Å²) in [7, 11) is 0. The average molecular weight is 204 g/mol. The largest absolute Gasteiger partial charge is 0.122 e. The van der Waals surface area contributed by atoms with E-state index in [1.807, 2.05) is 18.2 Å². The van der Waals surface area contributed by atoms with Crippen molar-refractivity contribution < 1.29 is 0 Å². The molecule has 1 unspecified atom stereocenters. The van der Waals surface area contributed by atoms with Gasteiger partial charge in [-0.3, -0.25) is 0 Å². The Morgan fingerprint density at radius 3 is 3.21 bits per heavy atom. The van der Waals surface area contributed by atoms with E-state index in [4.69, 9.17) is 11.6 Å². The van der Waals surface area contributed by atoms with E-state index in [9.17, 15) is 0 Å². The van der Waals surface area contributed by atoms with Crippen molar-refractivity contribution in [2.75, 3.05) is 5.88 Å². The van der Waals surface area contributed by atoms with Crippen molar-refractivity contribution in [2.45, 2.75) is 12.3 Å². The Hall–Kier alpha value is -1.01. The second-order valence-electron chi connectivity index (χ2n) is 3.37. The Morgan fingerprint density at radius 1 is 1.43 bits per heavy atom. The molecule has 0 saturated heterocycles. The minimum absolute atomic E-state index is 0.491. The highest BCUT2D eigenvalue weighted by Gasteiger charge is 2.14. The summed E-state index contributed by atoms with van der Waals surface area (Å²) < 4.78 is 0. The number of benzene rings is 1. The van der Waals surface area contributed by atoms with Crippen LogP contribution in [-0.2, 0) is 0 Å². The first-order chi connectivity index (χ1) is 6.92. The molecular formula is C13H12Cl. The van der Waals surface area contributed by atoms with Gasteiger partial charge in [0.05, 0.1) is 0 Å². The van der Waals surface area contributed by atoms with Crippen LogP contribution in [0.2, 0.25) is 0 Å². The molecule has 0 nitrogen and oxygen atoms in total. The molecule has 1 heteroatoms. The molecule has 1 radical (unpaired) electrons. The fraction of sp³-hybridized carbons (Fsp3) is 0.231. The number of hydrogen-bond acceptors (Lipinski definition) is 0. The molecule has 2 rings (SSSR count). The van der Waals surface area contributed by atoms with Gasteiger partial charge >= 0.3 is 0 Å². The number of halogens is 1. The summed E-state index contributed by atoms with van der Waals surface area (Å²) in [5.74, 6) is 1.09. The maximum absolute atomic E-state index is 5.57. The number of hydrogen-bond donors (Lipinski definition) is 0. The fourth-order valence-corrected chi connectivity index (χ4v) is 1.87. The van der Waals surface area contributed by atoms with Crippen LogP contribution < -0.4 is 0 Å². The zero-order chi connectivity index (χ0) is 9.80. The van der Waals surface area contributed by atoms with Gasteiger partial charge in [0.15, 0.2) is 0 Å². The monoisotopic (exact) mass is 203 g/mol. The van der Waals surface area contributed by atoms with Crippen LogP contribution in [0.5, 0.6) is 0 Å². The van der Waals surface area contributed by atoms with Gasteiger partial charge in [0.2, 0.25) is 0 Å². The molecule has 14 heavy (non-hydrogen) atoms. The van der Waals surface area contributed by atoms with Crippen LogP contribution in [0.15, 0.2) is 36.4 Å². The number of alkyl halides is 1. The summed E-state index contributed by atoms with van der Waals surface area (Å²) in [5, 5.41) is 0. The van der Waals surface area contributed by atoms with Gasteiger partial charge in [-0.1, -0.05) is 42.5 Å². The Labute approximate surface area is 89.9 Å². The maximum Gasteiger partial charge on any atom is 0.0404 e. The zero-order valence-electron chi connectivity index (χ0n) is 7.91. The van der Waals surface area contributed by atoms with Crippen LogP contribution in [0.1, 0.15) is 23.5 Å². The third kappa shape index (κ3) is 1.91. The van der Waals surface area contributed by atoms with Crippen molar-refractivity contribution in [1.82, 2.24) is 0 Å². The second-order valence-corrected chi connectivity index (χ2v) is 3.67. The van der Waals surface area contributed by atoms with Crippen LogP contribution in [0.4, 0.5) is 0 Å². The second kappa shape index (κ2) is 4.47. The van der Waals surface area contributed by atoms with E-state index in [1.54, 1.807) is 0 Å². The molecule has 0 bridgehead atoms. The predicted octanol–water partition coefficient (Wildman–Crippen LogP) is 3.78. The normalized spacial score (nSPS) is 19.1. The zero-order valence-corrected chi connectivity index (χ0v) is 8.67. The molecule has 1 atom stereocenters. The molecular weight excluding hydrogens is 192 g/mol. The van der Waals surface area contributed by atoms with Gasteiger partial charge in [0.25, 0.3) is 0 Å². The molecule has 1 aliphatic carbocycles. The molecule has 71 valence electrons. The Balaban J connectivity index is 2.11. The highest BCUT2D eigenvalue weighted by atomic mass is 35.5. The maximum atomic E-state index is 5.57. The summed E-state index contributed by atoms with van der Waals surface area (Å²) in [6.07, 6.45) is 9.57. The first-order valence-corrected chi connectivity index (χ1v) is 5.35. The topological polar surface area (TPSA) is 0 Å². The Morgan fingerprint density at radius 2 is 2.36 bits per heavy atom. The first kappa shape index (κ1) is 9.54. The number of allylic oxidation sites excluding steroid dienone is 3. The number of rotatable bonds is 3. The molecule has 1 aromatic carbocycles. The van der Waals surface area contributed by atoms with Crippen molar-refractivity contribution in [1.29, 1.82) is 0 Å². The smallest absolute Gasteiger partial charge is 0.0404 e. The van der Waals surface area contributed by atoms with Gasteiger partial charge < -0.3 is 0 Å². The lowest BCUT2D eigenvalue weighted by Gasteiger charge is -2.06. The minimum Gasteiger partial charge on any atom is -0.122 e. The Bertz CT molecular complexity index is 363. The summed E-state index contributed by atoms with van der Waals surface area (Å²) >= 11 is 5.57. The van der Waals surface area contributed by atoms with Gasteiger partial charge in [0, 0.05) is 11.8 Å².